The number of hydrogen-bond acceptors (Lipinski definition) is 7. The average molecular weight is 404 g/mol. The predicted molar refractivity (Wildman–Crippen MR) is 100.0 cm³/mol. The van der Waals surface area contributed by atoms with Crippen LogP contribution >= 0.6 is 0 Å². The van der Waals surface area contributed by atoms with Gasteiger partial charge in [0.1, 0.15) is 6.54 Å². The summed E-state index contributed by atoms with van der Waals surface area (Å²) in [5, 5.41) is 17.4. The van der Waals surface area contributed by atoms with Crippen LogP contribution in [0, 0.1) is 24.0 Å². The molecule has 0 fully saturated rings. The maximum atomic E-state index is 12.1. The quantitative estimate of drug-likeness (QED) is 0.433. The first-order valence-corrected chi connectivity index (χ1v) is 8.40. The monoisotopic (exact) mass is 404 g/mol. The Morgan fingerprint density at radius 3 is 2.45 bits per heavy atom. The van der Waals surface area contributed by atoms with Crippen molar-refractivity contribution in [3.63, 3.8) is 0 Å². The van der Waals surface area contributed by atoms with Crippen molar-refractivity contribution in [2.45, 2.75) is 20.4 Å². The SMILES string of the molecule is COc1ccc(C(=O)NCC(=O)NNC(=O)Cn2nc(C)cc2C)cc1[N+](=O)[O-]. The van der Waals surface area contributed by atoms with E-state index in [4.69, 9.17) is 4.74 Å². The van der Waals surface area contributed by atoms with Crippen molar-refractivity contribution in [3.05, 3.63) is 51.3 Å². The lowest BCUT2D eigenvalue weighted by Gasteiger charge is -2.09. The Kier molecular flexibility index (Phi) is 6.85. The summed E-state index contributed by atoms with van der Waals surface area (Å²) in [4.78, 5) is 46.1. The number of nitro groups is 1. The molecule has 1 aromatic heterocycles. The summed E-state index contributed by atoms with van der Waals surface area (Å²) >= 11 is 0. The zero-order valence-electron chi connectivity index (χ0n) is 16.0. The van der Waals surface area contributed by atoms with Crippen LogP contribution in [-0.4, -0.2) is 46.1 Å². The van der Waals surface area contributed by atoms with Crippen LogP contribution in [0.4, 0.5) is 5.69 Å². The number of methoxy groups -OCH3 is 1. The molecule has 3 amide bonds. The van der Waals surface area contributed by atoms with E-state index in [1.54, 1.807) is 13.8 Å². The zero-order chi connectivity index (χ0) is 21.6. The summed E-state index contributed by atoms with van der Waals surface area (Å²) in [6.07, 6.45) is 0. The van der Waals surface area contributed by atoms with Crippen LogP contribution in [0.5, 0.6) is 5.75 Å². The fraction of sp³-hybridized carbons (Fsp3) is 0.294. The molecule has 0 radical (unpaired) electrons. The standard InChI is InChI=1S/C17H20N6O6/c1-10-6-11(2)22(21-10)9-16(25)20-19-15(24)8-18-17(26)12-4-5-14(29-3)13(7-12)23(27)28/h4-7H,8-9H2,1-3H3,(H,18,26)(H,19,24)(H,20,25). The van der Waals surface area contributed by atoms with Crippen molar-refractivity contribution in [1.82, 2.24) is 25.9 Å². The molecule has 0 aliphatic rings. The lowest BCUT2D eigenvalue weighted by Crippen LogP contribution is -2.47. The highest BCUT2D eigenvalue weighted by Crippen LogP contribution is 2.27. The molecule has 0 aliphatic heterocycles. The van der Waals surface area contributed by atoms with Gasteiger partial charge in [-0.3, -0.25) is 40.0 Å². The highest BCUT2D eigenvalue weighted by molar-refractivity contribution is 5.97. The van der Waals surface area contributed by atoms with E-state index in [-0.39, 0.29) is 23.5 Å². The van der Waals surface area contributed by atoms with Gasteiger partial charge in [0.15, 0.2) is 5.75 Å². The van der Waals surface area contributed by atoms with E-state index in [9.17, 15) is 24.5 Å². The van der Waals surface area contributed by atoms with Crippen LogP contribution in [-0.2, 0) is 16.1 Å². The van der Waals surface area contributed by atoms with Gasteiger partial charge in [-0.2, -0.15) is 5.10 Å². The molecule has 0 saturated heterocycles. The minimum absolute atomic E-state index is 0.00891. The lowest BCUT2D eigenvalue weighted by atomic mass is 10.1. The molecule has 154 valence electrons. The van der Waals surface area contributed by atoms with E-state index in [2.05, 4.69) is 21.3 Å². The molecular weight excluding hydrogens is 384 g/mol. The molecule has 0 saturated carbocycles. The Bertz CT molecular complexity index is 954. The molecule has 0 spiro atoms. The second-order valence-electron chi connectivity index (χ2n) is 6.01. The first kappa shape index (κ1) is 21.3. The van der Waals surface area contributed by atoms with E-state index in [1.807, 2.05) is 6.07 Å². The smallest absolute Gasteiger partial charge is 0.311 e. The number of carbonyl (C=O) groups excluding carboxylic acids is 3. The number of amides is 3. The van der Waals surface area contributed by atoms with E-state index < -0.39 is 29.2 Å². The molecule has 0 unspecified atom stereocenters. The molecule has 2 rings (SSSR count). The maximum absolute atomic E-state index is 12.1. The summed E-state index contributed by atoms with van der Waals surface area (Å²) in [6, 6.07) is 5.47. The molecule has 3 N–H and O–H groups in total. The van der Waals surface area contributed by atoms with Gasteiger partial charge in [-0.05, 0) is 32.0 Å². The summed E-state index contributed by atoms with van der Waals surface area (Å²) in [5.41, 5.74) is 5.55. The number of nitrogens with one attached hydrogen (secondary N) is 3. The number of carbonyl (C=O) groups is 3. The molecule has 0 bridgehead atoms. The van der Waals surface area contributed by atoms with Gasteiger partial charge in [0, 0.05) is 17.3 Å². The predicted octanol–water partition coefficient (Wildman–Crippen LogP) is -0.00586. The fourth-order valence-electron chi connectivity index (χ4n) is 2.43. The van der Waals surface area contributed by atoms with Crippen LogP contribution in [0.1, 0.15) is 21.7 Å². The molecule has 1 heterocycles. The topological polar surface area (TPSA) is 157 Å². The van der Waals surface area contributed by atoms with Gasteiger partial charge < -0.3 is 10.1 Å². The van der Waals surface area contributed by atoms with Crippen LogP contribution in [0.15, 0.2) is 24.3 Å². The highest BCUT2D eigenvalue weighted by Gasteiger charge is 2.18. The first-order chi connectivity index (χ1) is 13.7. The number of aryl methyl sites for hydroxylation is 2. The summed E-state index contributed by atoms with van der Waals surface area (Å²) < 4.78 is 6.34. The molecular formula is C17H20N6O6. The highest BCUT2D eigenvalue weighted by atomic mass is 16.6. The molecule has 1 aromatic carbocycles. The van der Waals surface area contributed by atoms with Gasteiger partial charge >= 0.3 is 5.69 Å². The normalized spacial score (nSPS) is 10.2. The van der Waals surface area contributed by atoms with Crippen LogP contribution in [0.2, 0.25) is 0 Å². The minimum atomic E-state index is -0.695. The number of hydrazine groups is 1. The second-order valence-corrected chi connectivity index (χ2v) is 6.01. The number of ether oxygens (including phenoxy) is 1. The Hall–Kier alpha value is -3.96. The van der Waals surface area contributed by atoms with E-state index >= 15 is 0 Å². The van der Waals surface area contributed by atoms with Crippen LogP contribution < -0.4 is 20.9 Å². The molecule has 0 aliphatic carbocycles. The van der Waals surface area contributed by atoms with Crippen LogP contribution in [0.3, 0.4) is 0 Å². The average Bonchev–Trinajstić information content (AvgIpc) is 3.00. The Morgan fingerprint density at radius 1 is 1.17 bits per heavy atom. The van der Waals surface area contributed by atoms with Gasteiger partial charge in [0.25, 0.3) is 17.7 Å². The van der Waals surface area contributed by atoms with Gasteiger partial charge in [0.2, 0.25) is 0 Å². The lowest BCUT2D eigenvalue weighted by molar-refractivity contribution is -0.385. The van der Waals surface area contributed by atoms with E-state index in [0.29, 0.717) is 0 Å². The van der Waals surface area contributed by atoms with Gasteiger partial charge in [-0.25, -0.2) is 0 Å². The van der Waals surface area contributed by atoms with Crippen molar-refractivity contribution in [2.75, 3.05) is 13.7 Å². The number of rotatable bonds is 7. The van der Waals surface area contributed by atoms with E-state index in [1.165, 1.54) is 23.9 Å². The number of nitro benzene ring substituents is 1. The first-order valence-electron chi connectivity index (χ1n) is 8.40. The van der Waals surface area contributed by atoms with Crippen LogP contribution in [0.25, 0.3) is 0 Å². The molecule has 2 aromatic rings. The van der Waals surface area contributed by atoms with Gasteiger partial charge in [0.05, 0.1) is 24.3 Å². The van der Waals surface area contributed by atoms with Gasteiger partial charge in [-0.15, -0.1) is 0 Å². The molecule has 0 atom stereocenters. The van der Waals surface area contributed by atoms with Crippen molar-refractivity contribution >= 4 is 23.4 Å². The summed E-state index contributed by atoms with van der Waals surface area (Å²) in [6.45, 7) is 3.06. The Labute approximate surface area is 165 Å². The minimum Gasteiger partial charge on any atom is -0.490 e. The second kappa shape index (κ2) is 9.30. The number of aromatic nitrogens is 2. The molecule has 12 nitrogen and oxygen atoms in total. The van der Waals surface area contributed by atoms with Gasteiger partial charge in [-0.1, -0.05) is 0 Å². The summed E-state index contributed by atoms with van der Waals surface area (Å²) in [5.74, 6) is -1.86. The zero-order valence-corrected chi connectivity index (χ0v) is 16.0. The third-order valence-electron chi connectivity index (χ3n) is 3.79. The molecule has 29 heavy (non-hydrogen) atoms. The van der Waals surface area contributed by atoms with Crippen molar-refractivity contribution in [3.8, 4) is 5.75 Å². The van der Waals surface area contributed by atoms with E-state index in [0.717, 1.165) is 17.5 Å². The summed E-state index contributed by atoms with van der Waals surface area (Å²) in [7, 11) is 1.27. The third kappa shape index (κ3) is 5.76. The molecule has 12 heteroatoms. The van der Waals surface area contributed by atoms with Crippen molar-refractivity contribution in [1.29, 1.82) is 0 Å². The maximum Gasteiger partial charge on any atom is 0.311 e. The van der Waals surface area contributed by atoms with Crippen molar-refractivity contribution < 1.29 is 24.0 Å². The largest absolute Gasteiger partial charge is 0.490 e. The number of benzene rings is 1. The third-order valence-corrected chi connectivity index (χ3v) is 3.79. The number of hydrogen-bond donors (Lipinski definition) is 3. The Balaban J connectivity index is 1.83. The fourth-order valence-corrected chi connectivity index (χ4v) is 2.43. The van der Waals surface area contributed by atoms with Crippen molar-refractivity contribution in [2.24, 2.45) is 0 Å². The Morgan fingerprint density at radius 2 is 1.86 bits per heavy atom. The number of nitrogens with zero attached hydrogens (tertiary/aromatic N) is 3.